The Kier molecular flexibility index (Phi) is 9.70. The molecular weight excluding hydrogens is 929 g/mol. The van der Waals surface area contributed by atoms with E-state index in [-0.39, 0.29) is 67.0 Å². The Hall–Kier alpha value is -8.12. The SMILES string of the molecule is CCc1ccc(C23CC4(c5ccc(CC)cc5)CC(c5ccc(-n6c(=O)c7cc8c(=O)n(CC)c(=O)c8cc7c6=O)cc5)(C2)CC(c2ccc(-n5c(=O)c6cc7c(=O)n(CC)c(=O)c7cc6c5=O)cc2)(C3)C4)cc1. The van der Waals surface area contributed by atoms with Crippen LogP contribution in [-0.2, 0) is 47.6 Å². The summed E-state index contributed by atoms with van der Waals surface area (Å²) in [6, 6.07) is 39.6. The molecule has 4 saturated carbocycles. The van der Waals surface area contributed by atoms with Gasteiger partial charge in [-0.1, -0.05) is 86.6 Å². The molecule has 0 radical (unpaired) electrons. The molecule has 4 aliphatic rings. The van der Waals surface area contributed by atoms with Gasteiger partial charge in [0.2, 0.25) is 0 Å². The van der Waals surface area contributed by atoms with Gasteiger partial charge in [0.1, 0.15) is 0 Å². The van der Waals surface area contributed by atoms with Crippen molar-refractivity contribution in [1.29, 1.82) is 0 Å². The van der Waals surface area contributed by atoms with Crippen molar-refractivity contribution in [3.63, 3.8) is 0 Å². The lowest BCUT2D eigenvalue weighted by atomic mass is 9.32. The third-order valence-corrected chi connectivity index (χ3v) is 18.1. The summed E-state index contributed by atoms with van der Waals surface area (Å²) in [5.74, 6) is 0. The zero-order valence-electron chi connectivity index (χ0n) is 41.7. The van der Waals surface area contributed by atoms with Gasteiger partial charge in [0, 0.05) is 13.1 Å². The number of benzene rings is 6. The topological polar surface area (TPSA) is 156 Å². The molecule has 74 heavy (non-hydrogen) atoms. The van der Waals surface area contributed by atoms with Crippen molar-refractivity contribution in [3.05, 3.63) is 238 Å². The quantitative estimate of drug-likeness (QED) is 0.135. The first-order valence-electron chi connectivity index (χ1n) is 25.9. The summed E-state index contributed by atoms with van der Waals surface area (Å²) in [6.45, 7) is 8.10. The summed E-state index contributed by atoms with van der Waals surface area (Å²) in [4.78, 5) is 109. The van der Waals surface area contributed by atoms with E-state index in [2.05, 4.69) is 86.6 Å². The third kappa shape index (κ3) is 6.08. The molecule has 368 valence electrons. The molecule has 4 bridgehead atoms. The van der Waals surface area contributed by atoms with Crippen molar-refractivity contribution in [2.75, 3.05) is 0 Å². The van der Waals surface area contributed by atoms with Crippen molar-refractivity contribution >= 4 is 43.1 Å². The first-order valence-corrected chi connectivity index (χ1v) is 25.9. The summed E-state index contributed by atoms with van der Waals surface area (Å²) in [6.07, 6.45) is 7.05. The van der Waals surface area contributed by atoms with Gasteiger partial charge in [0.15, 0.2) is 0 Å². The predicted molar refractivity (Wildman–Crippen MR) is 290 cm³/mol. The van der Waals surface area contributed by atoms with E-state index in [0.717, 1.165) is 80.8 Å². The Morgan fingerprint density at radius 2 is 0.527 bits per heavy atom. The highest BCUT2D eigenvalue weighted by Gasteiger charge is 2.69. The molecule has 0 atom stereocenters. The number of aryl methyl sites for hydroxylation is 2. The lowest BCUT2D eigenvalue weighted by molar-refractivity contribution is -0.0691. The highest BCUT2D eigenvalue weighted by Crippen LogP contribution is 2.74. The van der Waals surface area contributed by atoms with Crippen LogP contribution in [0.4, 0.5) is 0 Å². The normalized spacial score (nSPS) is 22.3. The maximum atomic E-state index is 14.2. The first-order chi connectivity index (χ1) is 35.6. The summed E-state index contributed by atoms with van der Waals surface area (Å²) >= 11 is 0. The van der Waals surface area contributed by atoms with Gasteiger partial charge in [-0.25, -0.2) is 9.13 Å². The van der Waals surface area contributed by atoms with E-state index in [4.69, 9.17) is 0 Å². The van der Waals surface area contributed by atoms with E-state index in [1.54, 1.807) is 13.8 Å². The molecule has 4 fully saturated rings. The fraction of sp³-hybridized carbons (Fsp3) is 0.290. The number of hydrogen-bond donors (Lipinski definition) is 0. The molecule has 12 heteroatoms. The van der Waals surface area contributed by atoms with Crippen LogP contribution in [0.1, 0.15) is 99.6 Å². The van der Waals surface area contributed by atoms with E-state index >= 15 is 0 Å². The van der Waals surface area contributed by atoms with Gasteiger partial charge in [-0.3, -0.25) is 47.5 Å². The summed E-state index contributed by atoms with van der Waals surface area (Å²) < 4.78 is 4.52. The Morgan fingerprint density at radius 3 is 0.743 bits per heavy atom. The summed E-state index contributed by atoms with van der Waals surface area (Å²) in [5.41, 5.74) is 2.68. The third-order valence-electron chi connectivity index (χ3n) is 18.1. The lowest BCUT2D eigenvalue weighted by Gasteiger charge is -2.71. The minimum absolute atomic E-state index is 0.0980. The van der Waals surface area contributed by atoms with Crippen LogP contribution in [0, 0.1) is 0 Å². The summed E-state index contributed by atoms with van der Waals surface area (Å²) in [7, 11) is 0. The molecule has 10 aromatic rings. The molecule has 0 N–H and O–H groups in total. The van der Waals surface area contributed by atoms with Gasteiger partial charge < -0.3 is 0 Å². The average molecular weight is 981 g/mol. The Bertz CT molecular complexity index is 4020. The zero-order chi connectivity index (χ0) is 51.4. The number of aromatic nitrogens is 4. The molecule has 0 saturated heterocycles. The zero-order valence-corrected chi connectivity index (χ0v) is 41.7. The van der Waals surface area contributed by atoms with Crippen molar-refractivity contribution < 1.29 is 0 Å². The summed E-state index contributed by atoms with van der Waals surface area (Å²) in [5, 5.41) is 0.904. The molecule has 14 rings (SSSR count). The van der Waals surface area contributed by atoms with Crippen LogP contribution < -0.4 is 44.5 Å². The maximum Gasteiger partial charge on any atom is 0.266 e. The molecule has 6 aromatic carbocycles. The van der Waals surface area contributed by atoms with Gasteiger partial charge in [0.25, 0.3) is 44.5 Å². The van der Waals surface area contributed by atoms with Gasteiger partial charge in [-0.2, -0.15) is 0 Å². The lowest BCUT2D eigenvalue weighted by Crippen LogP contribution is -2.67. The van der Waals surface area contributed by atoms with Gasteiger partial charge >= 0.3 is 0 Å². The van der Waals surface area contributed by atoms with Gasteiger partial charge in [-0.05, 0) is 169 Å². The molecule has 4 aromatic heterocycles. The second kappa shape index (κ2) is 15.7. The predicted octanol–water partition coefficient (Wildman–Crippen LogP) is 7.71. The first kappa shape index (κ1) is 45.7. The average Bonchev–Trinajstić information content (AvgIpc) is 4.01. The van der Waals surface area contributed by atoms with Crippen LogP contribution in [0.5, 0.6) is 0 Å². The number of hydrogen-bond acceptors (Lipinski definition) is 8. The Labute approximate surface area is 422 Å². The van der Waals surface area contributed by atoms with E-state index in [9.17, 15) is 38.4 Å². The van der Waals surface area contributed by atoms with Crippen LogP contribution in [0.2, 0.25) is 0 Å². The number of nitrogens with zero attached hydrogens (tertiary/aromatic N) is 4. The highest BCUT2D eigenvalue weighted by atomic mass is 16.2. The molecule has 12 nitrogen and oxygen atoms in total. The number of rotatable bonds is 10. The fourth-order valence-corrected chi connectivity index (χ4v) is 15.1. The van der Waals surface area contributed by atoms with Gasteiger partial charge in [-0.15, -0.1) is 0 Å². The van der Waals surface area contributed by atoms with Crippen LogP contribution in [0.25, 0.3) is 54.5 Å². The van der Waals surface area contributed by atoms with E-state index < -0.39 is 55.3 Å². The standard InChI is InChI=1S/C62H52N4O8/c1-5-35-9-13-37(14-10-35)59-29-60(38-15-11-36(6-2)12-16-38)32-61(30-59,39-17-21-41(22-18-39)65-55(71)47-25-43-44(26-48(47)56(65)72)52(68)63(7-3)51(43)67)34-62(31-59,33-60)40-19-23-42(24-20-40)66-57(73)49-27-45-46(28-50(49)58(66)74)54(70)64(8-4)53(45)69/h9-28H,5-8,29-34H2,1-4H3. The molecule has 4 heterocycles. The van der Waals surface area contributed by atoms with E-state index in [1.165, 1.54) is 46.5 Å². The van der Waals surface area contributed by atoms with Crippen LogP contribution in [0.3, 0.4) is 0 Å². The minimum atomic E-state index is -0.546. The second-order valence-corrected chi connectivity index (χ2v) is 21.9. The Morgan fingerprint density at radius 1 is 0.311 bits per heavy atom. The van der Waals surface area contributed by atoms with Crippen molar-refractivity contribution in [2.45, 2.75) is 114 Å². The van der Waals surface area contributed by atoms with Crippen molar-refractivity contribution in [3.8, 4) is 11.4 Å². The molecular formula is C62H52N4O8. The molecule has 0 spiro atoms. The highest BCUT2D eigenvalue weighted by molar-refractivity contribution is 5.99. The van der Waals surface area contributed by atoms with Crippen molar-refractivity contribution in [1.82, 2.24) is 18.3 Å². The molecule has 0 unspecified atom stereocenters. The largest absolute Gasteiger partial charge is 0.275 e. The number of fused-ring (bicyclic) bond motifs is 4. The molecule has 4 aliphatic carbocycles. The monoisotopic (exact) mass is 980 g/mol. The molecule has 0 amide bonds. The Balaban J connectivity index is 0.968. The van der Waals surface area contributed by atoms with Crippen LogP contribution in [-0.4, -0.2) is 18.3 Å². The van der Waals surface area contributed by atoms with E-state index in [1.807, 2.05) is 24.3 Å². The maximum absolute atomic E-state index is 14.2. The van der Waals surface area contributed by atoms with E-state index in [0.29, 0.717) is 11.4 Å². The van der Waals surface area contributed by atoms with Gasteiger partial charge in [0.05, 0.1) is 54.5 Å². The second-order valence-electron chi connectivity index (χ2n) is 21.9. The van der Waals surface area contributed by atoms with Crippen molar-refractivity contribution in [2.24, 2.45) is 0 Å². The minimum Gasteiger partial charge on any atom is -0.275 e. The van der Waals surface area contributed by atoms with Crippen LogP contribution in [0.15, 0.2) is 160 Å². The molecule has 0 aliphatic heterocycles. The fourth-order valence-electron chi connectivity index (χ4n) is 15.1. The van der Waals surface area contributed by atoms with Crippen LogP contribution >= 0.6 is 0 Å². The smallest absolute Gasteiger partial charge is 0.266 e.